The molecule has 0 radical (unpaired) electrons. The second-order valence-electron chi connectivity index (χ2n) is 9.48. The summed E-state index contributed by atoms with van der Waals surface area (Å²) in [5.74, 6) is 0.758. The van der Waals surface area contributed by atoms with E-state index in [0.717, 1.165) is 55.4 Å². The molecular weight excluding hydrogens is 441 g/mol. The van der Waals surface area contributed by atoms with Crippen LogP contribution >= 0.6 is 0 Å². The number of hydrogen-bond donors (Lipinski definition) is 0. The number of rotatable bonds is 8. The molecule has 1 saturated heterocycles. The number of benzene rings is 2. The second-order valence-corrected chi connectivity index (χ2v) is 9.48. The fraction of sp³-hybridized carbons (Fsp3) is 0.429. The van der Waals surface area contributed by atoms with Gasteiger partial charge < -0.3 is 14.7 Å². The van der Waals surface area contributed by atoms with E-state index in [1.165, 1.54) is 12.1 Å². The predicted octanol–water partition coefficient (Wildman–Crippen LogP) is 4.44. The molecule has 0 aliphatic carbocycles. The Morgan fingerprint density at radius 3 is 2.40 bits per heavy atom. The fourth-order valence-electron chi connectivity index (χ4n) is 4.72. The normalized spacial score (nSPS) is 14.5. The number of carbonyl (C=O) groups is 1. The Labute approximate surface area is 207 Å². The minimum atomic E-state index is -0.291. The van der Waals surface area contributed by atoms with Crippen molar-refractivity contribution in [3.8, 4) is 5.69 Å². The third-order valence-electron chi connectivity index (χ3n) is 6.80. The van der Waals surface area contributed by atoms with Crippen LogP contribution in [0.1, 0.15) is 37.6 Å². The highest BCUT2D eigenvalue weighted by Gasteiger charge is 2.28. The Bertz CT molecular complexity index is 1140. The lowest BCUT2D eigenvalue weighted by atomic mass is 10.1. The van der Waals surface area contributed by atoms with Crippen LogP contribution in [0.15, 0.2) is 54.6 Å². The Hall–Kier alpha value is -3.19. The van der Waals surface area contributed by atoms with E-state index in [2.05, 4.69) is 30.6 Å². The highest BCUT2D eigenvalue weighted by atomic mass is 19.1. The van der Waals surface area contributed by atoms with Crippen LogP contribution in [0.25, 0.3) is 5.69 Å². The molecule has 4 rings (SSSR count). The number of aryl methyl sites for hydroxylation is 1. The Morgan fingerprint density at radius 1 is 1.06 bits per heavy atom. The largest absolute Gasteiger partial charge is 0.354 e. The maximum Gasteiger partial charge on any atom is 0.227 e. The SMILES string of the molecule is CCN1CCN(c2c(CN(C(=O)Cc3ccccc3)C(C)C)c(C)nn2-c2cccc(F)c2)CC1. The number of likely N-dealkylation sites (N-methyl/N-ethyl adjacent to an activating group) is 1. The van der Waals surface area contributed by atoms with Gasteiger partial charge >= 0.3 is 0 Å². The highest BCUT2D eigenvalue weighted by Crippen LogP contribution is 2.30. The zero-order valence-corrected chi connectivity index (χ0v) is 21.2. The molecule has 7 heteroatoms. The summed E-state index contributed by atoms with van der Waals surface area (Å²) in [5, 5.41) is 4.85. The number of nitrogens with zero attached hydrogens (tertiary/aromatic N) is 5. The van der Waals surface area contributed by atoms with Gasteiger partial charge in [-0.3, -0.25) is 4.79 Å². The quantitative estimate of drug-likeness (QED) is 0.481. The summed E-state index contributed by atoms with van der Waals surface area (Å²) in [4.78, 5) is 20.1. The number of piperazine rings is 1. The summed E-state index contributed by atoms with van der Waals surface area (Å²) in [7, 11) is 0. The van der Waals surface area contributed by atoms with E-state index in [9.17, 15) is 9.18 Å². The van der Waals surface area contributed by atoms with Crippen LogP contribution in [-0.2, 0) is 17.8 Å². The molecule has 0 N–H and O–H groups in total. The molecule has 2 aromatic carbocycles. The van der Waals surface area contributed by atoms with Crippen molar-refractivity contribution in [1.29, 1.82) is 0 Å². The standard InChI is InChI=1S/C28H36FN5O/c1-5-31-14-16-32(17-15-31)28-26(22(4)30-34(28)25-13-9-12-24(29)19-25)20-33(21(2)3)27(35)18-23-10-7-6-8-11-23/h6-13,19,21H,5,14-18,20H2,1-4H3. The Balaban J connectivity index is 1.70. The summed E-state index contributed by atoms with van der Waals surface area (Å²) < 4.78 is 16.0. The number of halogens is 1. The zero-order valence-electron chi connectivity index (χ0n) is 21.2. The molecule has 0 bridgehead atoms. The molecule has 35 heavy (non-hydrogen) atoms. The van der Waals surface area contributed by atoms with Crippen molar-refractivity contribution >= 4 is 11.7 Å². The molecular formula is C28H36FN5O. The molecule has 1 amide bonds. The van der Waals surface area contributed by atoms with E-state index < -0.39 is 0 Å². The van der Waals surface area contributed by atoms with Gasteiger partial charge in [0.2, 0.25) is 5.91 Å². The summed E-state index contributed by atoms with van der Waals surface area (Å²) in [6, 6.07) is 16.5. The summed E-state index contributed by atoms with van der Waals surface area (Å²) >= 11 is 0. The number of amides is 1. The Morgan fingerprint density at radius 2 is 1.77 bits per heavy atom. The first-order chi connectivity index (χ1) is 16.9. The van der Waals surface area contributed by atoms with Crippen LogP contribution in [0.2, 0.25) is 0 Å². The van der Waals surface area contributed by atoms with Gasteiger partial charge in [-0.15, -0.1) is 0 Å². The first-order valence-electron chi connectivity index (χ1n) is 12.5. The van der Waals surface area contributed by atoms with Crippen molar-refractivity contribution in [3.05, 3.63) is 77.2 Å². The number of anilines is 1. The molecule has 6 nitrogen and oxygen atoms in total. The van der Waals surface area contributed by atoms with Crippen molar-refractivity contribution in [2.45, 2.75) is 46.7 Å². The molecule has 1 fully saturated rings. The van der Waals surface area contributed by atoms with Crippen LogP contribution in [0.5, 0.6) is 0 Å². The average molecular weight is 478 g/mol. The molecule has 186 valence electrons. The van der Waals surface area contributed by atoms with E-state index in [4.69, 9.17) is 5.10 Å². The van der Waals surface area contributed by atoms with Gasteiger partial charge in [0.15, 0.2) is 0 Å². The van der Waals surface area contributed by atoms with E-state index in [1.807, 2.05) is 52.9 Å². The van der Waals surface area contributed by atoms with Crippen LogP contribution in [0.4, 0.5) is 10.2 Å². The summed E-state index contributed by atoms with van der Waals surface area (Å²) in [6.45, 7) is 13.4. The van der Waals surface area contributed by atoms with Crippen LogP contribution in [0, 0.1) is 12.7 Å². The number of hydrogen-bond acceptors (Lipinski definition) is 4. The smallest absolute Gasteiger partial charge is 0.227 e. The molecule has 0 unspecified atom stereocenters. The maximum absolute atomic E-state index is 14.1. The average Bonchev–Trinajstić information content (AvgIpc) is 3.18. The molecule has 3 aromatic rings. The number of aromatic nitrogens is 2. The van der Waals surface area contributed by atoms with Crippen LogP contribution in [0.3, 0.4) is 0 Å². The monoisotopic (exact) mass is 477 g/mol. The van der Waals surface area contributed by atoms with Crippen molar-refractivity contribution in [2.75, 3.05) is 37.6 Å². The van der Waals surface area contributed by atoms with E-state index in [1.54, 1.807) is 6.07 Å². The molecule has 1 aliphatic heterocycles. The van der Waals surface area contributed by atoms with Gasteiger partial charge in [0.25, 0.3) is 0 Å². The fourth-order valence-corrected chi connectivity index (χ4v) is 4.72. The van der Waals surface area contributed by atoms with Crippen molar-refractivity contribution < 1.29 is 9.18 Å². The molecule has 0 atom stereocenters. The Kier molecular flexibility index (Phi) is 7.86. The van der Waals surface area contributed by atoms with Gasteiger partial charge in [0, 0.05) is 37.8 Å². The lowest BCUT2D eigenvalue weighted by molar-refractivity contribution is -0.132. The third-order valence-corrected chi connectivity index (χ3v) is 6.80. The van der Waals surface area contributed by atoms with E-state index in [0.29, 0.717) is 18.7 Å². The molecule has 1 aliphatic rings. The first-order valence-corrected chi connectivity index (χ1v) is 12.5. The summed E-state index contributed by atoms with van der Waals surface area (Å²) in [6.07, 6.45) is 0.362. The van der Waals surface area contributed by atoms with Gasteiger partial charge in [0.1, 0.15) is 11.6 Å². The summed E-state index contributed by atoms with van der Waals surface area (Å²) in [5.41, 5.74) is 3.58. The molecule has 2 heterocycles. The van der Waals surface area contributed by atoms with Gasteiger partial charge in [0.05, 0.1) is 24.3 Å². The minimum absolute atomic E-state index is 0.0351. The number of carbonyl (C=O) groups excluding carboxylic acids is 1. The van der Waals surface area contributed by atoms with Gasteiger partial charge in [-0.1, -0.05) is 43.3 Å². The van der Waals surface area contributed by atoms with Crippen molar-refractivity contribution in [2.24, 2.45) is 0 Å². The lowest BCUT2D eigenvalue weighted by Gasteiger charge is -2.36. The van der Waals surface area contributed by atoms with Crippen molar-refractivity contribution in [3.63, 3.8) is 0 Å². The molecule has 1 aromatic heterocycles. The third kappa shape index (κ3) is 5.73. The van der Waals surface area contributed by atoms with E-state index >= 15 is 0 Å². The van der Waals surface area contributed by atoms with Gasteiger partial charge in [-0.25, -0.2) is 9.07 Å². The second kappa shape index (κ2) is 11.0. The highest BCUT2D eigenvalue weighted by molar-refractivity contribution is 5.79. The topological polar surface area (TPSA) is 44.6 Å². The lowest BCUT2D eigenvalue weighted by Crippen LogP contribution is -2.47. The van der Waals surface area contributed by atoms with Gasteiger partial charge in [-0.2, -0.15) is 5.10 Å². The van der Waals surface area contributed by atoms with Gasteiger partial charge in [-0.05, 0) is 51.1 Å². The molecule has 0 spiro atoms. The van der Waals surface area contributed by atoms with E-state index in [-0.39, 0.29) is 17.8 Å². The van der Waals surface area contributed by atoms with Crippen molar-refractivity contribution in [1.82, 2.24) is 19.6 Å². The first kappa shape index (κ1) is 24.9. The van der Waals surface area contributed by atoms with Crippen LogP contribution in [-0.4, -0.2) is 64.3 Å². The maximum atomic E-state index is 14.1. The predicted molar refractivity (Wildman–Crippen MR) is 138 cm³/mol. The van der Waals surface area contributed by atoms with Crippen LogP contribution < -0.4 is 4.90 Å². The molecule has 0 saturated carbocycles. The minimum Gasteiger partial charge on any atom is -0.354 e. The zero-order chi connectivity index (χ0) is 24.9.